The van der Waals surface area contributed by atoms with Crippen molar-refractivity contribution in [3.8, 4) is 5.75 Å². The van der Waals surface area contributed by atoms with Crippen LogP contribution in [0.4, 0.5) is 4.39 Å². The minimum absolute atomic E-state index is 0.185. The lowest BCUT2D eigenvalue weighted by Crippen LogP contribution is -2.35. The van der Waals surface area contributed by atoms with Crippen molar-refractivity contribution in [2.45, 2.75) is 26.0 Å². The standard InChI is InChI=1S/C13H19FN2O2/c1-8(15)11-6-5-10(14)7-12(11)18-9(2)13(17)16(3)4/h5-9H,15H2,1-4H3. The number of halogens is 1. The van der Waals surface area contributed by atoms with Crippen LogP contribution in [-0.2, 0) is 4.79 Å². The van der Waals surface area contributed by atoms with Gasteiger partial charge in [0.05, 0.1) is 0 Å². The number of rotatable bonds is 4. The molecule has 1 aromatic carbocycles. The molecular formula is C13H19FN2O2. The van der Waals surface area contributed by atoms with Crippen molar-refractivity contribution >= 4 is 5.91 Å². The summed E-state index contributed by atoms with van der Waals surface area (Å²) in [6.45, 7) is 3.40. The topological polar surface area (TPSA) is 55.6 Å². The van der Waals surface area contributed by atoms with Crippen molar-refractivity contribution in [1.82, 2.24) is 4.90 Å². The van der Waals surface area contributed by atoms with Gasteiger partial charge in [0.1, 0.15) is 11.6 Å². The third-order valence-electron chi connectivity index (χ3n) is 2.56. The third kappa shape index (κ3) is 3.43. The number of amides is 1. The summed E-state index contributed by atoms with van der Waals surface area (Å²) in [5, 5.41) is 0. The van der Waals surface area contributed by atoms with Crippen LogP contribution in [0.3, 0.4) is 0 Å². The van der Waals surface area contributed by atoms with Crippen LogP contribution in [0.1, 0.15) is 25.5 Å². The maximum Gasteiger partial charge on any atom is 0.262 e. The number of ether oxygens (including phenoxy) is 1. The maximum atomic E-state index is 13.2. The average molecular weight is 254 g/mol. The first-order valence-corrected chi connectivity index (χ1v) is 5.75. The van der Waals surface area contributed by atoms with Crippen molar-refractivity contribution in [3.63, 3.8) is 0 Å². The lowest BCUT2D eigenvalue weighted by atomic mass is 10.1. The molecule has 1 amide bonds. The van der Waals surface area contributed by atoms with Crippen LogP contribution in [0.15, 0.2) is 18.2 Å². The molecule has 0 aliphatic heterocycles. The Morgan fingerprint density at radius 3 is 2.50 bits per heavy atom. The number of nitrogens with two attached hydrogens (primary N) is 1. The molecule has 2 N–H and O–H groups in total. The van der Waals surface area contributed by atoms with Gasteiger partial charge in [0.25, 0.3) is 5.91 Å². The Bertz CT molecular complexity index is 433. The summed E-state index contributed by atoms with van der Waals surface area (Å²) in [5.74, 6) is -0.290. The van der Waals surface area contributed by atoms with Crippen LogP contribution in [-0.4, -0.2) is 31.0 Å². The smallest absolute Gasteiger partial charge is 0.262 e. The van der Waals surface area contributed by atoms with Gasteiger partial charge in [0, 0.05) is 31.8 Å². The highest BCUT2D eigenvalue weighted by Crippen LogP contribution is 2.26. The molecule has 5 heteroatoms. The Hall–Kier alpha value is -1.62. The molecule has 0 heterocycles. The molecule has 18 heavy (non-hydrogen) atoms. The predicted octanol–water partition coefficient (Wildman–Crippen LogP) is 1.70. The third-order valence-corrected chi connectivity index (χ3v) is 2.56. The van der Waals surface area contributed by atoms with E-state index in [1.807, 2.05) is 0 Å². The summed E-state index contributed by atoms with van der Waals surface area (Å²) in [6, 6.07) is 3.85. The molecule has 2 atom stereocenters. The van der Waals surface area contributed by atoms with Crippen molar-refractivity contribution in [3.05, 3.63) is 29.6 Å². The van der Waals surface area contributed by atoms with E-state index in [9.17, 15) is 9.18 Å². The number of nitrogens with zero attached hydrogens (tertiary/aromatic N) is 1. The molecule has 0 fully saturated rings. The van der Waals surface area contributed by atoms with E-state index in [4.69, 9.17) is 10.5 Å². The van der Waals surface area contributed by atoms with Crippen molar-refractivity contribution in [2.75, 3.05) is 14.1 Å². The largest absolute Gasteiger partial charge is 0.480 e. The van der Waals surface area contributed by atoms with Gasteiger partial charge in [-0.25, -0.2) is 4.39 Å². The minimum atomic E-state index is -0.681. The van der Waals surface area contributed by atoms with Gasteiger partial charge in [0.15, 0.2) is 6.10 Å². The molecular weight excluding hydrogens is 235 g/mol. The molecule has 1 aromatic rings. The predicted molar refractivity (Wildman–Crippen MR) is 67.8 cm³/mol. The summed E-state index contributed by atoms with van der Waals surface area (Å²) < 4.78 is 18.7. The second kappa shape index (κ2) is 5.82. The molecule has 0 aliphatic rings. The Morgan fingerprint density at radius 1 is 1.39 bits per heavy atom. The lowest BCUT2D eigenvalue weighted by molar-refractivity contribution is -0.135. The van der Waals surface area contributed by atoms with Crippen LogP contribution in [0, 0.1) is 5.82 Å². The summed E-state index contributed by atoms with van der Waals surface area (Å²) in [7, 11) is 3.28. The van der Waals surface area contributed by atoms with Crippen molar-refractivity contribution < 1.29 is 13.9 Å². The first kappa shape index (κ1) is 14.4. The molecule has 4 nitrogen and oxygen atoms in total. The summed E-state index contributed by atoms with van der Waals surface area (Å²) in [4.78, 5) is 13.1. The number of carbonyl (C=O) groups is 1. The normalized spacial score (nSPS) is 13.9. The molecule has 2 unspecified atom stereocenters. The Morgan fingerprint density at radius 2 is 2.00 bits per heavy atom. The molecule has 0 radical (unpaired) electrons. The molecule has 0 spiro atoms. The van der Waals surface area contributed by atoms with E-state index in [-0.39, 0.29) is 11.9 Å². The van der Waals surface area contributed by atoms with Gasteiger partial charge in [-0.3, -0.25) is 4.79 Å². The van der Waals surface area contributed by atoms with Crippen LogP contribution in [0.5, 0.6) is 5.75 Å². The molecule has 0 aromatic heterocycles. The summed E-state index contributed by atoms with van der Waals surface area (Å²) >= 11 is 0. The molecule has 0 saturated heterocycles. The number of hydrogen-bond donors (Lipinski definition) is 1. The van der Waals surface area contributed by atoms with Crippen LogP contribution < -0.4 is 10.5 Å². The fourth-order valence-electron chi connectivity index (χ4n) is 1.59. The number of hydrogen-bond acceptors (Lipinski definition) is 3. The van der Waals surface area contributed by atoms with E-state index in [1.54, 1.807) is 34.0 Å². The zero-order chi connectivity index (χ0) is 13.9. The Labute approximate surface area is 107 Å². The monoisotopic (exact) mass is 254 g/mol. The Kier molecular flexibility index (Phi) is 4.67. The molecule has 0 bridgehead atoms. The van der Waals surface area contributed by atoms with Gasteiger partial charge in [-0.05, 0) is 19.9 Å². The van der Waals surface area contributed by atoms with E-state index >= 15 is 0 Å². The van der Waals surface area contributed by atoms with Gasteiger partial charge in [0.2, 0.25) is 0 Å². The number of carbonyl (C=O) groups excluding carboxylic acids is 1. The first-order chi connectivity index (χ1) is 8.32. The highest BCUT2D eigenvalue weighted by atomic mass is 19.1. The highest BCUT2D eigenvalue weighted by Gasteiger charge is 2.19. The van der Waals surface area contributed by atoms with Gasteiger partial charge in [-0.2, -0.15) is 0 Å². The van der Waals surface area contributed by atoms with E-state index in [0.29, 0.717) is 11.3 Å². The quantitative estimate of drug-likeness (QED) is 0.889. The van der Waals surface area contributed by atoms with Gasteiger partial charge in [-0.15, -0.1) is 0 Å². The van der Waals surface area contributed by atoms with Crippen LogP contribution >= 0.6 is 0 Å². The Balaban J connectivity index is 2.96. The summed E-state index contributed by atoms with van der Waals surface area (Å²) in [6.07, 6.45) is -0.681. The number of benzene rings is 1. The van der Waals surface area contributed by atoms with Gasteiger partial charge < -0.3 is 15.4 Å². The average Bonchev–Trinajstić information content (AvgIpc) is 2.27. The van der Waals surface area contributed by atoms with E-state index < -0.39 is 11.9 Å². The molecule has 0 aliphatic carbocycles. The van der Waals surface area contributed by atoms with Gasteiger partial charge >= 0.3 is 0 Å². The van der Waals surface area contributed by atoms with Crippen molar-refractivity contribution in [1.29, 1.82) is 0 Å². The van der Waals surface area contributed by atoms with Crippen LogP contribution in [0.2, 0.25) is 0 Å². The molecule has 0 saturated carbocycles. The van der Waals surface area contributed by atoms with Gasteiger partial charge in [-0.1, -0.05) is 6.07 Å². The fourth-order valence-corrected chi connectivity index (χ4v) is 1.59. The fraction of sp³-hybridized carbons (Fsp3) is 0.462. The highest BCUT2D eigenvalue weighted by molar-refractivity contribution is 5.80. The first-order valence-electron chi connectivity index (χ1n) is 5.75. The maximum absolute atomic E-state index is 13.2. The van der Waals surface area contributed by atoms with Crippen molar-refractivity contribution in [2.24, 2.45) is 5.73 Å². The minimum Gasteiger partial charge on any atom is -0.480 e. The molecule has 1 rings (SSSR count). The number of likely N-dealkylation sites (N-methyl/N-ethyl adjacent to an activating group) is 1. The SMILES string of the molecule is CC(Oc1cc(F)ccc1C(C)N)C(=O)N(C)C. The van der Waals surface area contributed by atoms with Crippen LogP contribution in [0.25, 0.3) is 0 Å². The second-order valence-electron chi connectivity index (χ2n) is 4.46. The van der Waals surface area contributed by atoms with E-state index in [2.05, 4.69) is 0 Å². The van der Waals surface area contributed by atoms with E-state index in [0.717, 1.165) is 0 Å². The molecule has 100 valence electrons. The van der Waals surface area contributed by atoms with E-state index in [1.165, 1.54) is 17.0 Å². The second-order valence-corrected chi connectivity index (χ2v) is 4.46. The zero-order valence-electron chi connectivity index (χ0n) is 11.1. The lowest BCUT2D eigenvalue weighted by Gasteiger charge is -2.21. The zero-order valence-corrected chi connectivity index (χ0v) is 11.1. The summed E-state index contributed by atoms with van der Waals surface area (Å²) in [5.41, 5.74) is 6.45.